The fourth-order valence-corrected chi connectivity index (χ4v) is 4.93. The van der Waals surface area contributed by atoms with E-state index in [1.54, 1.807) is 6.20 Å². The van der Waals surface area contributed by atoms with Crippen molar-refractivity contribution >= 4 is 45.6 Å². The van der Waals surface area contributed by atoms with Crippen LogP contribution in [0.3, 0.4) is 0 Å². The quantitative estimate of drug-likeness (QED) is 0.215. The van der Waals surface area contributed by atoms with Gasteiger partial charge in [0.2, 0.25) is 11.8 Å². The van der Waals surface area contributed by atoms with Gasteiger partial charge in [-0.1, -0.05) is 24.6 Å². The molecule has 4 rings (SSSR count). The van der Waals surface area contributed by atoms with Gasteiger partial charge in [0, 0.05) is 56.6 Å². The Balaban J connectivity index is 1.24. The van der Waals surface area contributed by atoms with Crippen molar-refractivity contribution in [1.29, 1.82) is 0 Å². The molecule has 1 aromatic carbocycles. The number of imidazole rings is 1. The van der Waals surface area contributed by atoms with Crippen LogP contribution in [0.1, 0.15) is 58.7 Å². The van der Waals surface area contributed by atoms with E-state index >= 15 is 0 Å². The minimum Gasteiger partial charge on any atom is -0.374 e. The largest absolute Gasteiger partial charge is 0.374 e. The Morgan fingerprint density at radius 2 is 1.73 bits per heavy atom. The van der Waals surface area contributed by atoms with Gasteiger partial charge in [0.1, 0.15) is 17.9 Å². The number of carbonyl (C=O) groups excluding carboxylic acids is 4. The maximum atomic E-state index is 12.8. The molecule has 41 heavy (non-hydrogen) atoms. The Bertz CT molecular complexity index is 1440. The number of pyridine rings is 1. The van der Waals surface area contributed by atoms with Crippen LogP contribution in [-0.4, -0.2) is 68.3 Å². The molecule has 0 bridgehead atoms. The number of rotatable bonds is 15. The van der Waals surface area contributed by atoms with E-state index in [0.717, 1.165) is 45.5 Å². The number of ether oxygens (including phenoxy) is 1. The van der Waals surface area contributed by atoms with E-state index in [-0.39, 0.29) is 36.6 Å². The number of hydrogen-bond donors (Lipinski definition) is 2. The van der Waals surface area contributed by atoms with Crippen LogP contribution in [0.15, 0.2) is 42.6 Å². The van der Waals surface area contributed by atoms with E-state index in [9.17, 15) is 19.2 Å². The van der Waals surface area contributed by atoms with Crippen molar-refractivity contribution < 1.29 is 23.9 Å². The number of amides is 4. The predicted molar refractivity (Wildman–Crippen MR) is 155 cm³/mol. The summed E-state index contributed by atoms with van der Waals surface area (Å²) in [5.41, 5.74) is 2.11. The lowest BCUT2D eigenvalue weighted by molar-refractivity contribution is -0.137. The molecule has 3 heterocycles. The molecular weight excluding hydrogens is 524 g/mol. The van der Waals surface area contributed by atoms with Crippen molar-refractivity contribution in [2.45, 2.75) is 71.6 Å². The van der Waals surface area contributed by atoms with Crippen molar-refractivity contribution in [3.8, 4) is 0 Å². The molecule has 0 unspecified atom stereocenters. The average molecular weight is 563 g/mol. The summed E-state index contributed by atoms with van der Waals surface area (Å²) >= 11 is 0. The zero-order chi connectivity index (χ0) is 29.4. The molecule has 11 heteroatoms. The van der Waals surface area contributed by atoms with Gasteiger partial charge in [0.05, 0.1) is 22.8 Å². The summed E-state index contributed by atoms with van der Waals surface area (Å²) in [5, 5.41) is 6.98. The second-order valence-electron chi connectivity index (χ2n) is 10.8. The van der Waals surface area contributed by atoms with Gasteiger partial charge in [-0.15, -0.1) is 0 Å². The Kier molecular flexibility index (Phi) is 9.82. The number of fused-ring (bicyclic) bond motifs is 3. The maximum Gasteiger partial charge on any atom is 0.253 e. The summed E-state index contributed by atoms with van der Waals surface area (Å²) < 4.78 is 7.82. The first-order valence-electron chi connectivity index (χ1n) is 14.1. The van der Waals surface area contributed by atoms with E-state index in [1.165, 1.54) is 12.2 Å². The molecule has 11 nitrogen and oxygen atoms in total. The normalized spacial score (nSPS) is 13.5. The monoisotopic (exact) mass is 562 g/mol. The van der Waals surface area contributed by atoms with Crippen LogP contribution >= 0.6 is 0 Å². The molecule has 2 N–H and O–H groups in total. The van der Waals surface area contributed by atoms with Gasteiger partial charge in [0.25, 0.3) is 11.8 Å². The van der Waals surface area contributed by atoms with Crippen LogP contribution < -0.4 is 10.6 Å². The van der Waals surface area contributed by atoms with Crippen molar-refractivity contribution in [2.24, 2.45) is 0 Å². The number of aromatic nitrogens is 3. The van der Waals surface area contributed by atoms with Crippen LogP contribution in [0.2, 0.25) is 0 Å². The van der Waals surface area contributed by atoms with E-state index in [2.05, 4.69) is 20.2 Å². The van der Waals surface area contributed by atoms with Gasteiger partial charge in [-0.05, 0) is 39.7 Å². The van der Waals surface area contributed by atoms with Crippen LogP contribution in [0.5, 0.6) is 0 Å². The van der Waals surface area contributed by atoms with Crippen molar-refractivity contribution in [2.75, 3.05) is 19.7 Å². The zero-order valence-corrected chi connectivity index (χ0v) is 23.9. The third-order valence-electron chi connectivity index (χ3n) is 6.89. The van der Waals surface area contributed by atoms with Crippen LogP contribution in [-0.2, 0) is 37.1 Å². The van der Waals surface area contributed by atoms with E-state index in [1.807, 2.05) is 45.0 Å². The van der Waals surface area contributed by atoms with Gasteiger partial charge in [-0.2, -0.15) is 0 Å². The number of nitrogens with one attached hydrogen (secondary N) is 2. The minimum absolute atomic E-state index is 0.0325. The Hall–Kier alpha value is -4.12. The highest BCUT2D eigenvalue weighted by molar-refractivity contribution is 6.13. The molecule has 0 saturated carbocycles. The van der Waals surface area contributed by atoms with E-state index < -0.39 is 5.54 Å². The molecule has 0 radical (unpaired) electrons. The molecule has 2 aromatic heterocycles. The summed E-state index contributed by atoms with van der Waals surface area (Å²) in [5.74, 6) is -0.232. The second kappa shape index (κ2) is 13.5. The summed E-state index contributed by atoms with van der Waals surface area (Å²) in [6.45, 7) is 7.95. The van der Waals surface area contributed by atoms with Gasteiger partial charge in [-0.25, -0.2) is 4.98 Å². The second-order valence-corrected chi connectivity index (χ2v) is 10.8. The molecule has 1 aliphatic heterocycles. The molecule has 0 spiro atoms. The number of unbranched alkanes of at least 4 members (excludes halogenated alkanes) is 2. The van der Waals surface area contributed by atoms with Gasteiger partial charge in [0.15, 0.2) is 0 Å². The lowest BCUT2D eigenvalue weighted by atomic mass is 10.0. The SMILES string of the molecule is CCOCc1nc2cnc3ccccc3c2n1CC(C)(C)NC(=O)CCCCCNC(=O)CCN1C(=O)C=CC1=O. The first-order chi connectivity index (χ1) is 19.7. The highest BCUT2D eigenvalue weighted by atomic mass is 16.5. The Morgan fingerprint density at radius 1 is 0.976 bits per heavy atom. The van der Waals surface area contributed by atoms with Crippen LogP contribution in [0, 0.1) is 0 Å². The molecule has 4 amide bonds. The van der Waals surface area contributed by atoms with Crippen LogP contribution in [0.25, 0.3) is 21.9 Å². The van der Waals surface area contributed by atoms with E-state index in [4.69, 9.17) is 9.72 Å². The Labute approximate surface area is 239 Å². The highest BCUT2D eigenvalue weighted by Crippen LogP contribution is 2.26. The number of hydrogen-bond acceptors (Lipinski definition) is 7. The summed E-state index contributed by atoms with van der Waals surface area (Å²) in [6, 6.07) is 7.95. The zero-order valence-electron chi connectivity index (χ0n) is 23.9. The van der Waals surface area contributed by atoms with Gasteiger partial charge < -0.3 is 19.9 Å². The summed E-state index contributed by atoms with van der Waals surface area (Å²) in [7, 11) is 0. The predicted octanol–water partition coefficient (Wildman–Crippen LogP) is 3.01. The van der Waals surface area contributed by atoms with Gasteiger partial charge >= 0.3 is 0 Å². The minimum atomic E-state index is -0.544. The fraction of sp³-hybridized carbons (Fsp3) is 0.467. The topological polar surface area (TPSA) is 136 Å². The van der Waals surface area contributed by atoms with Gasteiger partial charge in [-0.3, -0.25) is 29.1 Å². The molecule has 218 valence electrons. The van der Waals surface area contributed by atoms with E-state index in [0.29, 0.717) is 39.1 Å². The number of para-hydroxylation sites is 1. The third kappa shape index (κ3) is 7.75. The molecule has 0 saturated heterocycles. The molecule has 0 aliphatic carbocycles. The lowest BCUT2D eigenvalue weighted by Gasteiger charge is -2.28. The average Bonchev–Trinajstić information content (AvgIpc) is 3.45. The molecule has 0 atom stereocenters. The standard InChI is InChI=1S/C30H38N6O5/c1-4-41-19-24-33-23-18-32-22-11-8-7-10-21(22)29(23)36(24)20-30(2,3)34-26(38)12-6-5-9-16-31-25(37)15-17-35-27(39)13-14-28(35)40/h7-8,10-11,13-14,18H,4-6,9,12,15-17,19-20H2,1-3H3,(H,31,37)(H,34,38). The summed E-state index contributed by atoms with van der Waals surface area (Å²) in [6.07, 6.45) is 6.85. The van der Waals surface area contributed by atoms with Crippen LogP contribution in [0.4, 0.5) is 0 Å². The first kappa shape index (κ1) is 29.9. The number of imide groups is 1. The number of nitrogens with zero attached hydrogens (tertiary/aromatic N) is 4. The number of benzene rings is 1. The van der Waals surface area contributed by atoms with Crippen molar-refractivity contribution in [3.63, 3.8) is 0 Å². The molecule has 1 aliphatic rings. The third-order valence-corrected chi connectivity index (χ3v) is 6.89. The first-order valence-corrected chi connectivity index (χ1v) is 14.1. The van der Waals surface area contributed by atoms with Crippen molar-refractivity contribution in [1.82, 2.24) is 30.1 Å². The lowest BCUT2D eigenvalue weighted by Crippen LogP contribution is -2.46. The smallest absolute Gasteiger partial charge is 0.253 e. The number of carbonyl (C=O) groups is 4. The highest BCUT2D eigenvalue weighted by Gasteiger charge is 2.25. The van der Waals surface area contributed by atoms with Crippen molar-refractivity contribution in [3.05, 3.63) is 48.4 Å². The fourth-order valence-electron chi connectivity index (χ4n) is 4.93. The molecular formula is C30H38N6O5. The molecule has 0 fully saturated rings. The Morgan fingerprint density at radius 3 is 2.49 bits per heavy atom. The summed E-state index contributed by atoms with van der Waals surface area (Å²) in [4.78, 5) is 58.3. The molecule has 3 aromatic rings. The maximum absolute atomic E-state index is 12.8.